The van der Waals surface area contributed by atoms with E-state index >= 15 is 0 Å². The zero-order valence-electron chi connectivity index (χ0n) is 20.7. The van der Waals surface area contributed by atoms with E-state index < -0.39 is 12.0 Å². The molecule has 0 aliphatic rings. The molecular formula is C28H30I2N4O2. The molecule has 0 bridgehead atoms. The summed E-state index contributed by atoms with van der Waals surface area (Å²) < 4.78 is 2.19. The molecule has 0 aliphatic carbocycles. The van der Waals surface area contributed by atoms with Crippen molar-refractivity contribution in [2.75, 3.05) is 19.0 Å². The van der Waals surface area contributed by atoms with Gasteiger partial charge in [-0.15, -0.1) is 0 Å². The van der Waals surface area contributed by atoms with Crippen molar-refractivity contribution in [3.8, 4) is 0 Å². The minimum atomic E-state index is -0.735. The van der Waals surface area contributed by atoms with Gasteiger partial charge >= 0.3 is 0 Å². The van der Waals surface area contributed by atoms with Gasteiger partial charge in [0, 0.05) is 21.2 Å². The minimum absolute atomic E-state index is 0.127. The number of hydrogen-bond donors (Lipinski definition) is 2. The topological polar surface area (TPSA) is 73.8 Å². The summed E-state index contributed by atoms with van der Waals surface area (Å²) in [6, 6.07) is 22.5. The number of halogens is 2. The molecule has 0 spiro atoms. The number of nitrogens with one attached hydrogen (secondary N) is 2. The highest BCUT2D eigenvalue weighted by molar-refractivity contribution is 14.1. The molecular weight excluding hydrogens is 678 g/mol. The normalized spacial score (nSPS) is 12.1. The van der Waals surface area contributed by atoms with Crippen LogP contribution in [0.25, 0.3) is 0 Å². The molecule has 0 radical (unpaired) electrons. The van der Waals surface area contributed by atoms with Crippen LogP contribution in [0.3, 0.4) is 0 Å². The lowest BCUT2D eigenvalue weighted by atomic mass is 9.89. The summed E-state index contributed by atoms with van der Waals surface area (Å²) in [6.07, 6.45) is 1.62. The van der Waals surface area contributed by atoms with Crippen molar-refractivity contribution in [2.45, 2.75) is 25.8 Å². The van der Waals surface area contributed by atoms with Crippen LogP contribution < -0.4 is 15.6 Å². The third-order valence-corrected chi connectivity index (χ3v) is 7.29. The van der Waals surface area contributed by atoms with Crippen molar-refractivity contribution in [3.63, 3.8) is 0 Å². The first-order chi connectivity index (χ1) is 17.2. The van der Waals surface area contributed by atoms with Gasteiger partial charge in [0.25, 0.3) is 5.91 Å². The van der Waals surface area contributed by atoms with Crippen LogP contribution >= 0.6 is 45.2 Å². The van der Waals surface area contributed by atoms with Crippen molar-refractivity contribution >= 4 is 68.9 Å². The van der Waals surface area contributed by atoms with E-state index in [1.165, 1.54) is 0 Å². The molecule has 3 rings (SSSR count). The number of benzene rings is 3. The zero-order valence-corrected chi connectivity index (χ0v) is 25.0. The van der Waals surface area contributed by atoms with E-state index in [4.69, 9.17) is 0 Å². The van der Waals surface area contributed by atoms with Crippen LogP contribution in [-0.4, -0.2) is 38.2 Å². The third-order valence-electron chi connectivity index (χ3n) is 5.65. The summed E-state index contributed by atoms with van der Waals surface area (Å²) in [6.45, 7) is 3.80. The van der Waals surface area contributed by atoms with E-state index in [2.05, 4.69) is 65.9 Å². The first-order valence-corrected chi connectivity index (χ1v) is 13.7. The lowest BCUT2D eigenvalue weighted by Crippen LogP contribution is -2.50. The number of nitrogens with zero attached hydrogens (tertiary/aromatic N) is 2. The van der Waals surface area contributed by atoms with E-state index in [1.807, 2.05) is 101 Å². The van der Waals surface area contributed by atoms with Crippen molar-refractivity contribution in [1.29, 1.82) is 0 Å². The number of carbonyl (C=O) groups is 2. The van der Waals surface area contributed by atoms with Crippen molar-refractivity contribution in [3.05, 3.63) is 96.6 Å². The lowest BCUT2D eigenvalue weighted by Gasteiger charge is -2.24. The second-order valence-electron chi connectivity index (χ2n) is 8.95. The van der Waals surface area contributed by atoms with Gasteiger partial charge in [0.05, 0.1) is 17.8 Å². The maximum absolute atomic E-state index is 13.5. The molecule has 36 heavy (non-hydrogen) atoms. The predicted molar refractivity (Wildman–Crippen MR) is 163 cm³/mol. The Balaban J connectivity index is 1.76. The van der Waals surface area contributed by atoms with Crippen LogP contribution in [-0.2, 0) is 9.59 Å². The van der Waals surface area contributed by atoms with E-state index in [-0.39, 0.29) is 17.7 Å². The maximum atomic E-state index is 13.5. The molecule has 0 aromatic heterocycles. The molecule has 0 unspecified atom stereocenters. The van der Waals surface area contributed by atoms with E-state index in [1.54, 1.807) is 6.21 Å². The molecule has 0 fully saturated rings. The van der Waals surface area contributed by atoms with Gasteiger partial charge < -0.3 is 10.2 Å². The van der Waals surface area contributed by atoms with Gasteiger partial charge in [-0.1, -0.05) is 74.5 Å². The minimum Gasteiger partial charge on any atom is -0.376 e. The number of amides is 2. The third kappa shape index (κ3) is 7.28. The van der Waals surface area contributed by atoms with Gasteiger partial charge in [-0.3, -0.25) is 9.59 Å². The molecule has 1 atom stereocenters. The average Bonchev–Trinajstić information content (AvgIpc) is 2.83. The van der Waals surface area contributed by atoms with E-state index in [9.17, 15) is 9.59 Å². The molecule has 3 aromatic rings. The summed E-state index contributed by atoms with van der Waals surface area (Å²) >= 11 is 4.59. The second-order valence-corrected chi connectivity index (χ2v) is 11.3. The van der Waals surface area contributed by atoms with E-state index in [0.717, 1.165) is 29.5 Å². The monoisotopic (exact) mass is 708 g/mol. The molecule has 0 saturated carbocycles. The molecule has 3 aromatic carbocycles. The summed E-state index contributed by atoms with van der Waals surface area (Å²) in [5.41, 5.74) is 6.38. The van der Waals surface area contributed by atoms with Gasteiger partial charge in [0.1, 0.15) is 6.04 Å². The van der Waals surface area contributed by atoms with Crippen LogP contribution in [0.15, 0.2) is 77.9 Å². The Bertz CT molecular complexity index is 1150. The molecule has 0 saturated heterocycles. The van der Waals surface area contributed by atoms with Gasteiger partial charge in [0.15, 0.2) is 0 Å². The fourth-order valence-corrected chi connectivity index (χ4v) is 6.67. The van der Waals surface area contributed by atoms with E-state index in [0.29, 0.717) is 0 Å². The highest BCUT2D eigenvalue weighted by Crippen LogP contribution is 2.28. The number of hydrogen-bond acceptors (Lipinski definition) is 4. The van der Waals surface area contributed by atoms with Gasteiger partial charge in [-0.05, 0) is 79.9 Å². The Morgan fingerprint density at radius 2 is 1.36 bits per heavy atom. The number of hydrazone groups is 1. The summed E-state index contributed by atoms with van der Waals surface area (Å²) in [4.78, 5) is 28.6. The zero-order chi connectivity index (χ0) is 26.2. The number of rotatable bonds is 9. The second kappa shape index (κ2) is 13.2. The SMILES string of the molecule is CC(C)[C@H](NC(=O)C(c1ccccc1)c1ccccc1)C(=O)N/N=C\c1cc(I)c(N(C)C)c(I)c1. The quantitative estimate of drug-likeness (QED) is 0.178. The van der Waals surface area contributed by atoms with Crippen LogP contribution in [0.4, 0.5) is 5.69 Å². The largest absolute Gasteiger partial charge is 0.376 e. The predicted octanol–water partition coefficient (Wildman–Crippen LogP) is 5.38. The van der Waals surface area contributed by atoms with Gasteiger partial charge in [-0.2, -0.15) is 5.10 Å². The summed E-state index contributed by atoms with van der Waals surface area (Å²) in [5, 5.41) is 7.14. The van der Waals surface area contributed by atoms with Crippen molar-refractivity contribution < 1.29 is 9.59 Å². The lowest BCUT2D eigenvalue weighted by molar-refractivity contribution is -0.130. The van der Waals surface area contributed by atoms with Crippen LogP contribution in [0, 0.1) is 13.1 Å². The van der Waals surface area contributed by atoms with Crippen LogP contribution in [0.5, 0.6) is 0 Å². The average molecular weight is 708 g/mol. The number of carbonyl (C=O) groups excluding carboxylic acids is 2. The fraction of sp³-hybridized carbons (Fsp3) is 0.250. The Morgan fingerprint density at radius 1 is 0.861 bits per heavy atom. The molecule has 0 aliphatic heterocycles. The Morgan fingerprint density at radius 3 is 1.81 bits per heavy atom. The fourth-order valence-electron chi connectivity index (χ4n) is 3.88. The number of anilines is 1. The molecule has 188 valence electrons. The first kappa shape index (κ1) is 28.1. The highest BCUT2D eigenvalue weighted by Gasteiger charge is 2.29. The smallest absolute Gasteiger partial charge is 0.262 e. The molecule has 6 nitrogen and oxygen atoms in total. The Kier molecular flexibility index (Phi) is 10.3. The molecule has 0 heterocycles. The van der Waals surface area contributed by atoms with Gasteiger partial charge in [-0.25, -0.2) is 5.43 Å². The molecule has 2 N–H and O–H groups in total. The highest BCUT2D eigenvalue weighted by atomic mass is 127. The van der Waals surface area contributed by atoms with Crippen molar-refractivity contribution in [2.24, 2.45) is 11.0 Å². The van der Waals surface area contributed by atoms with Crippen LogP contribution in [0.2, 0.25) is 0 Å². The molecule has 2 amide bonds. The Labute approximate surface area is 240 Å². The maximum Gasteiger partial charge on any atom is 0.262 e. The Hall–Kier alpha value is -2.47. The molecule has 8 heteroatoms. The van der Waals surface area contributed by atoms with Crippen LogP contribution in [0.1, 0.15) is 36.5 Å². The summed E-state index contributed by atoms with van der Waals surface area (Å²) in [5.74, 6) is -1.24. The summed E-state index contributed by atoms with van der Waals surface area (Å²) in [7, 11) is 4.02. The van der Waals surface area contributed by atoms with Crippen molar-refractivity contribution in [1.82, 2.24) is 10.7 Å². The first-order valence-electron chi connectivity index (χ1n) is 11.6. The van der Waals surface area contributed by atoms with Gasteiger partial charge in [0.2, 0.25) is 5.91 Å². The standard InChI is InChI=1S/C28H30I2N4O2/c1-18(2)25(28(36)33-31-17-19-15-22(29)26(34(3)4)23(30)16-19)32-27(35)24(20-11-7-5-8-12-20)21-13-9-6-10-14-21/h5-18,24-25H,1-4H3,(H,32,35)(H,33,36)/b31-17-/t25-/m0/s1.